The summed E-state index contributed by atoms with van der Waals surface area (Å²) in [5.74, 6) is -0.675. The minimum Gasteiger partial charge on any atom is -0.363 e. The Hall–Kier alpha value is -1.12. The molecule has 0 aromatic carbocycles. The van der Waals surface area contributed by atoms with Crippen LogP contribution in [-0.4, -0.2) is 56.0 Å². The van der Waals surface area contributed by atoms with Crippen LogP contribution in [0.1, 0.15) is 49.0 Å². The molecule has 0 saturated carbocycles. The molecule has 3 atom stereocenters. The van der Waals surface area contributed by atoms with Crippen molar-refractivity contribution in [2.45, 2.75) is 44.4 Å². The molecule has 3 heterocycles. The number of nitrogens with two attached hydrogens (primary N) is 1. The zero-order chi connectivity index (χ0) is 16.2. The average Bonchev–Trinajstić information content (AvgIpc) is 3.22. The van der Waals surface area contributed by atoms with Gasteiger partial charge in [0.25, 0.3) is 14.4 Å². The molecule has 1 aromatic heterocycles. The fourth-order valence-electron chi connectivity index (χ4n) is 2.81. The van der Waals surface area contributed by atoms with Crippen LogP contribution in [0.5, 0.6) is 0 Å². The van der Waals surface area contributed by atoms with Crippen LogP contribution in [0.4, 0.5) is 0 Å². The van der Waals surface area contributed by atoms with E-state index in [1.807, 2.05) is 4.67 Å². The molecular weight excluding hydrogens is 321 g/mol. The van der Waals surface area contributed by atoms with Gasteiger partial charge in [-0.05, 0) is 25.7 Å². The lowest BCUT2D eigenvalue weighted by molar-refractivity contribution is -0.0251. The smallest absolute Gasteiger partial charge is 0.288 e. The van der Waals surface area contributed by atoms with Crippen molar-refractivity contribution in [2.75, 3.05) is 19.7 Å². The van der Waals surface area contributed by atoms with E-state index in [0.29, 0.717) is 6.61 Å². The predicted octanol–water partition coefficient (Wildman–Crippen LogP) is 0.776. The summed E-state index contributed by atoms with van der Waals surface area (Å²) in [5.41, 5.74) is 5.14. The summed E-state index contributed by atoms with van der Waals surface area (Å²) in [6.07, 6.45) is 6.08. The maximum atomic E-state index is 11.0. The van der Waals surface area contributed by atoms with Gasteiger partial charge in [0.15, 0.2) is 6.23 Å². The predicted molar refractivity (Wildman–Crippen MR) is 82.2 cm³/mol. The molecule has 23 heavy (non-hydrogen) atoms. The number of hydrogen-bond acceptors (Lipinski definition) is 7. The summed E-state index contributed by atoms with van der Waals surface area (Å²) in [4.78, 5) is 25.0. The Kier molecular flexibility index (Phi) is 5.55. The van der Waals surface area contributed by atoms with Crippen LogP contribution in [0, 0.1) is 0 Å². The van der Waals surface area contributed by atoms with Crippen molar-refractivity contribution in [1.29, 1.82) is 0 Å². The molecule has 0 bridgehead atoms. The molecule has 2 aliphatic rings. The molecule has 0 radical (unpaired) electrons. The van der Waals surface area contributed by atoms with Crippen molar-refractivity contribution in [1.82, 2.24) is 19.4 Å². The van der Waals surface area contributed by atoms with E-state index >= 15 is 0 Å². The molecule has 2 saturated heterocycles. The van der Waals surface area contributed by atoms with E-state index in [1.165, 1.54) is 17.4 Å². The number of aromatic nitrogens is 3. The molecule has 3 unspecified atom stereocenters. The van der Waals surface area contributed by atoms with Crippen molar-refractivity contribution >= 4 is 14.4 Å². The van der Waals surface area contributed by atoms with Crippen LogP contribution < -0.4 is 5.73 Å². The van der Waals surface area contributed by atoms with Gasteiger partial charge >= 0.3 is 0 Å². The van der Waals surface area contributed by atoms with Crippen molar-refractivity contribution in [3.63, 3.8) is 0 Å². The molecule has 3 rings (SSSR count). The van der Waals surface area contributed by atoms with Crippen LogP contribution in [-0.2, 0) is 9.26 Å². The lowest BCUT2D eigenvalue weighted by atomic mass is 10.2. The SMILES string of the molecule is NC(=O)c1ncn(C2CCC(COP(O)N3CCCCC3)O2)n1. The third kappa shape index (κ3) is 4.24. The van der Waals surface area contributed by atoms with Gasteiger partial charge in [-0.25, -0.2) is 14.3 Å². The summed E-state index contributed by atoms with van der Waals surface area (Å²) in [7, 11) is -1.53. The molecule has 1 aromatic rings. The van der Waals surface area contributed by atoms with Gasteiger partial charge in [-0.3, -0.25) is 4.79 Å². The molecular formula is C13H22N5O4P. The van der Waals surface area contributed by atoms with Gasteiger partial charge in [-0.1, -0.05) is 6.42 Å². The van der Waals surface area contributed by atoms with E-state index in [0.717, 1.165) is 38.8 Å². The molecule has 0 spiro atoms. The van der Waals surface area contributed by atoms with Crippen LogP contribution in [0.2, 0.25) is 0 Å². The first-order chi connectivity index (χ1) is 11.1. The number of hydrogen-bond donors (Lipinski definition) is 2. The lowest BCUT2D eigenvalue weighted by Gasteiger charge is -2.29. The number of ether oxygens (including phenoxy) is 1. The largest absolute Gasteiger partial charge is 0.363 e. The van der Waals surface area contributed by atoms with Crippen LogP contribution in [0.3, 0.4) is 0 Å². The van der Waals surface area contributed by atoms with Gasteiger partial charge < -0.3 is 19.9 Å². The second-order valence-electron chi connectivity index (χ2n) is 5.77. The van der Waals surface area contributed by atoms with Crippen molar-refractivity contribution in [3.8, 4) is 0 Å². The molecule has 128 valence electrons. The highest BCUT2D eigenvalue weighted by molar-refractivity contribution is 7.43. The van der Waals surface area contributed by atoms with Gasteiger partial charge in [0.05, 0.1) is 12.7 Å². The second kappa shape index (κ2) is 7.63. The Morgan fingerprint density at radius 3 is 2.91 bits per heavy atom. The average molecular weight is 343 g/mol. The number of nitrogens with zero attached hydrogens (tertiary/aromatic N) is 4. The zero-order valence-electron chi connectivity index (χ0n) is 12.9. The first-order valence-electron chi connectivity index (χ1n) is 7.86. The minimum atomic E-state index is -1.53. The van der Waals surface area contributed by atoms with E-state index < -0.39 is 14.4 Å². The zero-order valence-corrected chi connectivity index (χ0v) is 13.8. The Bertz CT molecular complexity index is 536. The number of piperidine rings is 1. The molecule has 10 heteroatoms. The Balaban J connectivity index is 1.44. The van der Waals surface area contributed by atoms with Crippen molar-refractivity contribution in [3.05, 3.63) is 12.2 Å². The van der Waals surface area contributed by atoms with E-state index in [9.17, 15) is 9.69 Å². The van der Waals surface area contributed by atoms with E-state index in [-0.39, 0.29) is 18.2 Å². The lowest BCUT2D eigenvalue weighted by Crippen LogP contribution is -2.26. The normalized spacial score (nSPS) is 27.2. The highest BCUT2D eigenvalue weighted by Crippen LogP contribution is 2.40. The van der Waals surface area contributed by atoms with Gasteiger partial charge in [0.2, 0.25) is 5.82 Å². The quantitative estimate of drug-likeness (QED) is 0.733. The Labute approximate surface area is 135 Å². The second-order valence-corrected chi connectivity index (χ2v) is 7.09. The molecule has 2 aliphatic heterocycles. The summed E-state index contributed by atoms with van der Waals surface area (Å²) in [6, 6.07) is 0. The standard InChI is InChI=1S/C13H22N5O4P/c14-12(19)13-15-9-18(16-13)11-5-4-10(22-11)8-21-23(20)17-6-2-1-3-7-17/h9-11,20H,1-8H2,(H2,14,19). The molecule has 0 aliphatic carbocycles. The van der Waals surface area contributed by atoms with Crippen LogP contribution >= 0.6 is 8.53 Å². The van der Waals surface area contributed by atoms with Crippen LogP contribution in [0.15, 0.2) is 6.33 Å². The maximum absolute atomic E-state index is 11.0. The highest BCUT2D eigenvalue weighted by Gasteiger charge is 2.29. The highest BCUT2D eigenvalue weighted by atomic mass is 31.2. The van der Waals surface area contributed by atoms with E-state index in [2.05, 4.69) is 10.1 Å². The summed E-state index contributed by atoms with van der Waals surface area (Å²) >= 11 is 0. The number of carbonyl (C=O) groups excluding carboxylic acids is 1. The third-order valence-electron chi connectivity index (χ3n) is 4.06. The fourth-order valence-corrected chi connectivity index (χ4v) is 3.90. The molecule has 2 fully saturated rings. The van der Waals surface area contributed by atoms with Crippen molar-refractivity contribution in [2.24, 2.45) is 5.73 Å². The molecule has 1 amide bonds. The summed E-state index contributed by atoms with van der Waals surface area (Å²) < 4.78 is 14.9. The fraction of sp³-hybridized carbons (Fsp3) is 0.769. The number of primary amides is 1. The summed E-state index contributed by atoms with van der Waals surface area (Å²) in [5, 5.41) is 4.01. The first-order valence-corrected chi connectivity index (χ1v) is 9.03. The van der Waals surface area contributed by atoms with Crippen molar-refractivity contribution < 1.29 is 18.9 Å². The summed E-state index contributed by atoms with van der Waals surface area (Å²) in [6.45, 7) is 2.14. The molecule has 3 N–H and O–H groups in total. The number of amides is 1. The van der Waals surface area contributed by atoms with Gasteiger partial charge in [0, 0.05) is 13.1 Å². The number of rotatable bonds is 6. The van der Waals surface area contributed by atoms with Gasteiger partial charge in [-0.15, -0.1) is 5.10 Å². The Morgan fingerprint density at radius 1 is 1.43 bits per heavy atom. The first kappa shape index (κ1) is 16.7. The third-order valence-corrected chi connectivity index (χ3v) is 5.32. The monoisotopic (exact) mass is 343 g/mol. The Morgan fingerprint density at radius 2 is 2.22 bits per heavy atom. The van der Waals surface area contributed by atoms with E-state index in [4.69, 9.17) is 15.0 Å². The number of carbonyl (C=O) groups is 1. The topological polar surface area (TPSA) is 116 Å². The van der Waals surface area contributed by atoms with Crippen LogP contribution in [0.25, 0.3) is 0 Å². The minimum absolute atomic E-state index is 0.0164. The van der Waals surface area contributed by atoms with Gasteiger partial charge in [0.1, 0.15) is 6.33 Å². The molecule has 9 nitrogen and oxygen atoms in total. The van der Waals surface area contributed by atoms with E-state index in [1.54, 1.807) is 0 Å². The van der Waals surface area contributed by atoms with Gasteiger partial charge in [-0.2, -0.15) is 0 Å². The maximum Gasteiger partial charge on any atom is 0.288 e.